The lowest BCUT2D eigenvalue weighted by atomic mass is 10.3. The molecule has 0 aliphatic heterocycles. The second-order valence-corrected chi connectivity index (χ2v) is 6.69. The third-order valence-corrected chi connectivity index (χ3v) is 4.20. The number of ether oxygens (including phenoxy) is 1. The smallest absolute Gasteiger partial charge is 0.417 e. The Labute approximate surface area is 172 Å². The third kappa shape index (κ3) is 7.12. The van der Waals surface area contributed by atoms with Crippen LogP contribution in [0.3, 0.4) is 0 Å². The van der Waals surface area contributed by atoms with Crippen LogP contribution in [-0.2, 0) is 12.7 Å². The van der Waals surface area contributed by atoms with Crippen molar-refractivity contribution in [3.05, 3.63) is 40.3 Å². The van der Waals surface area contributed by atoms with Gasteiger partial charge in [0.1, 0.15) is 11.6 Å². The van der Waals surface area contributed by atoms with Crippen LogP contribution in [0.1, 0.15) is 23.4 Å². The summed E-state index contributed by atoms with van der Waals surface area (Å²) < 4.78 is 45.1. The molecule has 0 bridgehead atoms. The molecule has 2 aromatic heterocycles. The number of pyridine rings is 1. The number of hydrogen-bond acceptors (Lipinski definition) is 4. The summed E-state index contributed by atoms with van der Waals surface area (Å²) in [6.07, 6.45) is -2.94. The molecule has 2 rings (SSSR count). The van der Waals surface area contributed by atoms with E-state index in [-0.39, 0.29) is 17.5 Å². The van der Waals surface area contributed by atoms with Crippen LogP contribution < -0.4 is 15.4 Å². The molecule has 160 valence electrons. The molecule has 2 N–H and O–H groups in total. The second-order valence-electron chi connectivity index (χ2n) is 6.29. The molecule has 0 fully saturated rings. The number of halogens is 4. The molecule has 0 unspecified atom stereocenters. The molecule has 2 heterocycles. The van der Waals surface area contributed by atoms with Crippen LogP contribution in [0.5, 0.6) is 5.88 Å². The number of aromatic nitrogens is 3. The van der Waals surface area contributed by atoms with Crippen molar-refractivity contribution in [3.8, 4) is 5.88 Å². The van der Waals surface area contributed by atoms with Gasteiger partial charge < -0.3 is 15.4 Å². The van der Waals surface area contributed by atoms with Gasteiger partial charge in [0, 0.05) is 32.0 Å². The van der Waals surface area contributed by atoms with Gasteiger partial charge >= 0.3 is 6.18 Å². The number of alkyl halides is 3. The Kier molecular flexibility index (Phi) is 8.12. The summed E-state index contributed by atoms with van der Waals surface area (Å²) in [7, 11) is 1.64. The van der Waals surface area contributed by atoms with Crippen LogP contribution in [-0.4, -0.2) is 47.5 Å². The van der Waals surface area contributed by atoms with Crippen LogP contribution >= 0.6 is 11.6 Å². The van der Waals surface area contributed by atoms with Gasteiger partial charge in [-0.05, 0) is 32.4 Å². The summed E-state index contributed by atoms with van der Waals surface area (Å²) in [6, 6.07) is 2.83. The van der Waals surface area contributed by atoms with E-state index in [1.807, 2.05) is 24.6 Å². The Balaban J connectivity index is 1.68. The van der Waals surface area contributed by atoms with E-state index >= 15 is 0 Å². The molecule has 11 heteroatoms. The fourth-order valence-corrected chi connectivity index (χ4v) is 2.78. The molecule has 0 radical (unpaired) electrons. The summed E-state index contributed by atoms with van der Waals surface area (Å²) in [5.41, 5.74) is 1.20. The standard InChI is InChI=1S/C18H24ClF3N6O/c1-12-9-13(2)28(27-12)7-4-5-24-17(23-3)25-6-8-29-16-15(19)10-14(11-26-16)18(20,21)22/h9-11H,4-8H2,1-3H3,(H2,23,24,25). The van der Waals surface area contributed by atoms with E-state index in [9.17, 15) is 13.2 Å². The molecular weight excluding hydrogens is 409 g/mol. The van der Waals surface area contributed by atoms with Crippen molar-refractivity contribution >= 4 is 17.6 Å². The molecule has 0 aromatic carbocycles. The fraction of sp³-hybridized carbons (Fsp3) is 0.500. The van der Waals surface area contributed by atoms with Crippen molar-refractivity contribution in [1.29, 1.82) is 0 Å². The van der Waals surface area contributed by atoms with E-state index in [4.69, 9.17) is 16.3 Å². The van der Waals surface area contributed by atoms with Crippen molar-refractivity contribution in [2.75, 3.05) is 26.7 Å². The molecule has 7 nitrogen and oxygen atoms in total. The van der Waals surface area contributed by atoms with Gasteiger partial charge in [0.25, 0.3) is 0 Å². The number of rotatable bonds is 8. The highest BCUT2D eigenvalue weighted by Gasteiger charge is 2.31. The number of guanidine groups is 1. The first kappa shape index (κ1) is 22.8. The molecule has 29 heavy (non-hydrogen) atoms. The number of nitrogens with one attached hydrogen (secondary N) is 2. The van der Waals surface area contributed by atoms with Gasteiger partial charge in [-0.3, -0.25) is 9.67 Å². The minimum atomic E-state index is -4.50. The highest BCUT2D eigenvalue weighted by atomic mass is 35.5. The molecule has 0 aliphatic carbocycles. The third-order valence-electron chi connectivity index (χ3n) is 3.93. The maximum atomic E-state index is 12.6. The Hall–Kier alpha value is -2.49. The average molecular weight is 433 g/mol. The summed E-state index contributed by atoms with van der Waals surface area (Å²) >= 11 is 5.80. The normalized spacial score (nSPS) is 12.2. The summed E-state index contributed by atoms with van der Waals surface area (Å²) in [4.78, 5) is 7.73. The van der Waals surface area contributed by atoms with E-state index in [1.54, 1.807) is 7.05 Å². The molecular formula is C18H24ClF3N6O. The lowest BCUT2D eigenvalue weighted by Gasteiger charge is -2.13. The predicted molar refractivity (Wildman–Crippen MR) is 105 cm³/mol. The summed E-state index contributed by atoms with van der Waals surface area (Å²) in [6.45, 7) is 6.01. The van der Waals surface area contributed by atoms with Crippen LogP contribution in [0.4, 0.5) is 13.2 Å². The molecule has 0 saturated heterocycles. The molecule has 0 atom stereocenters. The monoisotopic (exact) mass is 432 g/mol. The van der Waals surface area contributed by atoms with Crippen LogP contribution in [0, 0.1) is 13.8 Å². The molecule has 0 amide bonds. The van der Waals surface area contributed by atoms with E-state index < -0.39 is 11.7 Å². The number of nitrogens with zero attached hydrogens (tertiary/aromatic N) is 4. The van der Waals surface area contributed by atoms with E-state index in [1.165, 1.54) is 0 Å². The zero-order valence-electron chi connectivity index (χ0n) is 16.5. The fourth-order valence-electron chi connectivity index (χ4n) is 2.56. The maximum absolute atomic E-state index is 12.6. The van der Waals surface area contributed by atoms with E-state index in [0.29, 0.717) is 25.2 Å². The van der Waals surface area contributed by atoms with Crippen LogP contribution in [0.25, 0.3) is 0 Å². The predicted octanol–water partition coefficient (Wildman–Crippen LogP) is 3.20. The van der Waals surface area contributed by atoms with Crippen molar-refractivity contribution in [1.82, 2.24) is 25.4 Å². The quantitative estimate of drug-likeness (QED) is 0.380. The van der Waals surface area contributed by atoms with Crippen LogP contribution in [0.2, 0.25) is 5.02 Å². The Bertz CT molecular complexity index is 837. The molecule has 0 saturated carbocycles. The zero-order valence-corrected chi connectivity index (χ0v) is 17.2. The summed E-state index contributed by atoms with van der Waals surface area (Å²) in [5.74, 6) is 0.544. The molecule has 0 spiro atoms. The average Bonchev–Trinajstić information content (AvgIpc) is 2.97. The second kappa shape index (κ2) is 10.3. The molecule has 2 aromatic rings. The SMILES string of the molecule is CN=C(NCCCn1nc(C)cc1C)NCCOc1ncc(C(F)(F)F)cc1Cl. The van der Waals surface area contributed by atoms with Gasteiger partial charge in [0.2, 0.25) is 5.88 Å². The molecule has 0 aliphatic rings. The lowest BCUT2D eigenvalue weighted by Crippen LogP contribution is -2.40. The minimum absolute atomic E-state index is 0.0469. The summed E-state index contributed by atoms with van der Waals surface area (Å²) in [5, 5.41) is 10.4. The van der Waals surface area contributed by atoms with Gasteiger partial charge in [-0.15, -0.1) is 0 Å². The van der Waals surface area contributed by atoms with Crippen molar-refractivity contribution in [2.24, 2.45) is 4.99 Å². The Morgan fingerprint density at radius 1 is 1.24 bits per heavy atom. The van der Waals surface area contributed by atoms with Crippen molar-refractivity contribution < 1.29 is 17.9 Å². The number of aliphatic imine (C=N–C) groups is 1. The van der Waals surface area contributed by atoms with Crippen molar-refractivity contribution in [2.45, 2.75) is 33.0 Å². The lowest BCUT2D eigenvalue weighted by molar-refractivity contribution is -0.137. The Morgan fingerprint density at radius 3 is 2.55 bits per heavy atom. The topological polar surface area (TPSA) is 76.4 Å². The largest absolute Gasteiger partial charge is 0.475 e. The number of hydrogen-bond donors (Lipinski definition) is 2. The van der Waals surface area contributed by atoms with Crippen molar-refractivity contribution in [3.63, 3.8) is 0 Å². The zero-order chi connectivity index (χ0) is 21.4. The maximum Gasteiger partial charge on any atom is 0.417 e. The minimum Gasteiger partial charge on any atom is -0.475 e. The van der Waals surface area contributed by atoms with Gasteiger partial charge in [-0.25, -0.2) is 4.98 Å². The van der Waals surface area contributed by atoms with Crippen LogP contribution in [0.15, 0.2) is 23.3 Å². The number of aryl methyl sites for hydroxylation is 3. The van der Waals surface area contributed by atoms with E-state index in [2.05, 4.69) is 25.7 Å². The van der Waals surface area contributed by atoms with Gasteiger partial charge in [0.15, 0.2) is 5.96 Å². The van der Waals surface area contributed by atoms with Gasteiger partial charge in [0.05, 0.1) is 17.8 Å². The van der Waals surface area contributed by atoms with E-state index in [0.717, 1.165) is 30.4 Å². The first-order valence-electron chi connectivity index (χ1n) is 9.02. The Morgan fingerprint density at radius 2 is 1.97 bits per heavy atom. The first-order valence-corrected chi connectivity index (χ1v) is 9.39. The van der Waals surface area contributed by atoms with Gasteiger partial charge in [-0.2, -0.15) is 18.3 Å². The van der Waals surface area contributed by atoms with Gasteiger partial charge in [-0.1, -0.05) is 11.6 Å². The highest BCUT2D eigenvalue weighted by molar-refractivity contribution is 6.31. The first-order chi connectivity index (χ1) is 13.7. The highest BCUT2D eigenvalue weighted by Crippen LogP contribution is 2.32.